The predicted octanol–water partition coefficient (Wildman–Crippen LogP) is 2.50. The van der Waals surface area contributed by atoms with Crippen LogP contribution in [0.4, 0.5) is 5.82 Å². The van der Waals surface area contributed by atoms with E-state index in [1.54, 1.807) is 6.20 Å². The summed E-state index contributed by atoms with van der Waals surface area (Å²) in [7, 11) is 1.97. The molecule has 6 nitrogen and oxygen atoms in total. The maximum Gasteiger partial charge on any atom is 0.255 e. The Hall–Kier alpha value is -2.89. The van der Waals surface area contributed by atoms with E-state index in [-0.39, 0.29) is 5.91 Å². The molecule has 0 aliphatic carbocycles. The van der Waals surface area contributed by atoms with Crippen LogP contribution in [0.2, 0.25) is 0 Å². The van der Waals surface area contributed by atoms with E-state index in [2.05, 4.69) is 20.2 Å². The van der Waals surface area contributed by atoms with Crippen molar-refractivity contribution in [3.63, 3.8) is 0 Å². The minimum Gasteiger partial charge on any atom is -0.356 e. The molecule has 1 N–H and O–H groups in total. The number of anilines is 1. The van der Waals surface area contributed by atoms with Crippen molar-refractivity contribution in [2.24, 2.45) is 7.05 Å². The molecular weight excluding hydrogens is 314 g/mol. The molecule has 128 valence electrons. The number of aromatic nitrogens is 3. The molecule has 0 bridgehead atoms. The number of benzene rings is 1. The molecule has 1 aliphatic heterocycles. The van der Waals surface area contributed by atoms with Crippen LogP contribution in [0.15, 0.2) is 42.6 Å². The van der Waals surface area contributed by atoms with E-state index in [1.165, 1.54) is 0 Å². The van der Waals surface area contributed by atoms with Crippen LogP contribution >= 0.6 is 0 Å². The first-order valence-electron chi connectivity index (χ1n) is 8.62. The normalized spacial score (nSPS) is 14.2. The van der Waals surface area contributed by atoms with Crippen LogP contribution in [0.1, 0.15) is 29.0 Å². The number of aryl methyl sites for hydroxylation is 1. The van der Waals surface area contributed by atoms with E-state index >= 15 is 0 Å². The number of hydrogen-bond donors (Lipinski definition) is 1. The van der Waals surface area contributed by atoms with Gasteiger partial charge in [0, 0.05) is 26.3 Å². The van der Waals surface area contributed by atoms with E-state index < -0.39 is 0 Å². The predicted molar refractivity (Wildman–Crippen MR) is 97.6 cm³/mol. The maximum absolute atomic E-state index is 12.7. The highest BCUT2D eigenvalue weighted by atomic mass is 16.1. The highest BCUT2D eigenvalue weighted by molar-refractivity contribution is 5.98. The summed E-state index contributed by atoms with van der Waals surface area (Å²) in [6.45, 7) is 2.31. The Balaban J connectivity index is 1.53. The molecule has 0 saturated carbocycles. The number of pyridine rings is 1. The van der Waals surface area contributed by atoms with Crippen LogP contribution in [0.25, 0.3) is 11.0 Å². The van der Waals surface area contributed by atoms with E-state index in [1.807, 2.05) is 48.0 Å². The third-order valence-corrected chi connectivity index (χ3v) is 4.72. The summed E-state index contributed by atoms with van der Waals surface area (Å²) >= 11 is 0. The van der Waals surface area contributed by atoms with Gasteiger partial charge >= 0.3 is 0 Å². The molecule has 2 aromatic heterocycles. The van der Waals surface area contributed by atoms with Gasteiger partial charge in [0.2, 0.25) is 0 Å². The smallest absolute Gasteiger partial charge is 0.255 e. The molecule has 0 radical (unpaired) electrons. The van der Waals surface area contributed by atoms with Gasteiger partial charge in [0.05, 0.1) is 23.1 Å². The lowest BCUT2D eigenvalue weighted by Crippen LogP contribution is -2.28. The number of carbonyl (C=O) groups is 1. The Morgan fingerprint density at radius 1 is 1.16 bits per heavy atom. The molecule has 3 heterocycles. The van der Waals surface area contributed by atoms with Crippen LogP contribution in [0.5, 0.6) is 0 Å². The average molecular weight is 335 g/mol. The summed E-state index contributed by atoms with van der Waals surface area (Å²) in [6.07, 6.45) is 4.05. The molecule has 1 aromatic carbocycles. The second-order valence-electron chi connectivity index (χ2n) is 6.33. The molecule has 1 aliphatic rings. The van der Waals surface area contributed by atoms with Gasteiger partial charge in [0.25, 0.3) is 5.91 Å². The number of rotatable bonds is 4. The van der Waals surface area contributed by atoms with Crippen LogP contribution in [-0.4, -0.2) is 33.5 Å². The fourth-order valence-electron chi connectivity index (χ4n) is 3.36. The van der Waals surface area contributed by atoms with Crippen molar-refractivity contribution in [1.82, 2.24) is 19.9 Å². The number of carbonyl (C=O) groups excluding carboxylic acids is 1. The van der Waals surface area contributed by atoms with Crippen molar-refractivity contribution in [3.05, 3.63) is 54.0 Å². The monoisotopic (exact) mass is 335 g/mol. The van der Waals surface area contributed by atoms with Crippen molar-refractivity contribution >= 4 is 22.8 Å². The molecule has 1 saturated heterocycles. The van der Waals surface area contributed by atoms with Crippen LogP contribution in [0.3, 0.4) is 0 Å². The molecule has 0 atom stereocenters. The molecule has 1 fully saturated rings. The third kappa shape index (κ3) is 2.95. The largest absolute Gasteiger partial charge is 0.356 e. The topological polar surface area (TPSA) is 63.1 Å². The van der Waals surface area contributed by atoms with Gasteiger partial charge in [-0.05, 0) is 37.1 Å². The number of fused-ring (bicyclic) bond motifs is 1. The van der Waals surface area contributed by atoms with Gasteiger partial charge in [-0.15, -0.1) is 0 Å². The van der Waals surface area contributed by atoms with Crippen molar-refractivity contribution in [2.45, 2.75) is 19.4 Å². The summed E-state index contributed by atoms with van der Waals surface area (Å²) in [5.74, 6) is 1.51. The Bertz CT molecular complexity index is 911. The van der Waals surface area contributed by atoms with Crippen molar-refractivity contribution in [3.8, 4) is 0 Å². The summed E-state index contributed by atoms with van der Waals surface area (Å²) in [5, 5.41) is 2.99. The summed E-state index contributed by atoms with van der Waals surface area (Å²) in [4.78, 5) is 23.9. The SMILES string of the molecule is Cn1c(CNC(=O)c2cccnc2N2CCCC2)nc2ccccc21. The lowest BCUT2D eigenvalue weighted by atomic mass is 10.2. The molecule has 0 unspecified atom stereocenters. The highest BCUT2D eigenvalue weighted by Crippen LogP contribution is 2.22. The Morgan fingerprint density at radius 3 is 2.76 bits per heavy atom. The van der Waals surface area contributed by atoms with Gasteiger partial charge < -0.3 is 14.8 Å². The molecule has 25 heavy (non-hydrogen) atoms. The first kappa shape index (κ1) is 15.6. The number of nitrogens with one attached hydrogen (secondary N) is 1. The van der Waals surface area contributed by atoms with Crippen molar-refractivity contribution in [1.29, 1.82) is 0 Å². The van der Waals surface area contributed by atoms with E-state index in [0.29, 0.717) is 12.1 Å². The molecular formula is C19H21N5O. The molecule has 3 aromatic rings. The average Bonchev–Trinajstić information content (AvgIpc) is 3.29. The zero-order chi connectivity index (χ0) is 17.2. The minimum atomic E-state index is -0.109. The lowest BCUT2D eigenvalue weighted by molar-refractivity contribution is 0.0950. The minimum absolute atomic E-state index is 0.109. The first-order chi connectivity index (χ1) is 12.2. The van der Waals surface area contributed by atoms with E-state index in [4.69, 9.17) is 0 Å². The Morgan fingerprint density at radius 2 is 1.96 bits per heavy atom. The quantitative estimate of drug-likeness (QED) is 0.796. The zero-order valence-corrected chi connectivity index (χ0v) is 14.3. The second-order valence-corrected chi connectivity index (χ2v) is 6.33. The highest BCUT2D eigenvalue weighted by Gasteiger charge is 2.20. The van der Waals surface area contributed by atoms with Crippen molar-refractivity contribution in [2.75, 3.05) is 18.0 Å². The van der Waals surface area contributed by atoms with Crippen LogP contribution in [-0.2, 0) is 13.6 Å². The fraction of sp³-hybridized carbons (Fsp3) is 0.316. The lowest BCUT2D eigenvalue weighted by Gasteiger charge is -2.19. The number of para-hydroxylation sites is 2. The maximum atomic E-state index is 12.7. The zero-order valence-electron chi connectivity index (χ0n) is 14.3. The van der Waals surface area contributed by atoms with E-state index in [0.717, 1.165) is 48.6 Å². The number of amides is 1. The van der Waals surface area contributed by atoms with Gasteiger partial charge in [-0.3, -0.25) is 4.79 Å². The Kier molecular flexibility index (Phi) is 4.09. The van der Waals surface area contributed by atoms with Gasteiger partial charge in [0.15, 0.2) is 0 Å². The van der Waals surface area contributed by atoms with Gasteiger partial charge in [-0.1, -0.05) is 12.1 Å². The molecule has 1 amide bonds. The summed E-state index contributed by atoms with van der Waals surface area (Å²) in [6, 6.07) is 11.6. The number of imidazole rings is 1. The number of hydrogen-bond acceptors (Lipinski definition) is 4. The van der Waals surface area contributed by atoms with Gasteiger partial charge in [-0.25, -0.2) is 9.97 Å². The summed E-state index contributed by atoms with van der Waals surface area (Å²) in [5.41, 5.74) is 2.63. The molecule has 4 rings (SSSR count). The van der Waals surface area contributed by atoms with Gasteiger partial charge in [-0.2, -0.15) is 0 Å². The van der Waals surface area contributed by atoms with Crippen LogP contribution in [0, 0.1) is 0 Å². The van der Waals surface area contributed by atoms with Crippen molar-refractivity contribution < 1.29 is 4.79 Å². The second kappa shape index (κ2) is 6.55. The molecule has 6 heteroatoms. The summed E-state index contributed by atoms with van der Waals surface area (Å²) < 4.78 is 2.01. The molecule has 0 spiro atoms. The Labute approximate surface area is 146 Å². The van der Waals surface area contributed by atoms with Crippen LogP contribution < -0.4 is 10.2 Å². The fourth-order valence-corrected chi connectivity index (χ4v) is 3.36. The first-order valence-corrected chi connectivity index (χ1v) is 8.62. The van der Waals surface area contributed by atoms with Gasteiger partial charge in [0.1, 0.15) is 11.6 Å². The number of nitrogens with zero attached hydrogens (tertiary/aromatic N) is 4. The van der Waals surface area contributed by atoms with E-state index in [9.17, 15) is 4.79 Å². The standard InChI is InChI=1S/C19H21N5O/c1-23-16-9-3-2-8-15(16)22-17(23)13-21-19(25)14-7-6-10-20-18(14)24-11-4-5-12-24/h2-3,6-10H,4-5,11-13H2,1H3,(H,21,25). The third-order valence-electron chi connectivity index (χ3n) is 4.72.